The Bertz CT molecular complexity index is 1320. The van der Waals surface area contributed by atoms with E-state index in [1.54, 1.807) is 43.3 Å². The van der Waals surface area contributed by atoms with Crippen LogP contribution >= 0.6 is 0 Å². The Hall–Kier alpha value is -4.11. The molecule has 0 saturated carbocycles. The van der Waals surface area contributed by atoms with Crippen molar-refractivity contribution >= 4 is 11.7 Å². The third-order valence-electron chi connectivity index (χ3n) is 5.57. The quantitative estimate of drug-likeness (QED) is 0.362. The second kappa shape index (κ2) is 9.63. The number of nitrogens with two attached hydrogens (primary N) is 1. The number of anilines is 1. The van der Waals surface area contributed by atoms with Crippen molar-refractivity contribution in [2.24, 2.45) is 0 Å². The Kier molecular flexibility index (Phi) is 6.61. The van der Waals surface area contributed by atoms with E-state index in [-0.39, 0.29) is 17.3 Å². The van der Waals surface area contributed by atoms with Gasteiger partial charge in [0.2, 0.25) is 0 Å². The fourth-order valence-corrected chi connectivity index (χ4v) is 3.66. The third kappa shape index (κ3) is 5.36. The molecule has 9 heteroatoms. The van der Waals surface area contributed by atoms with Crippen molar-refractivity contribution in [1.82, 2.24) is 15.1 Å². The standard InChI is InChI=1S/C26H23F3N4O2/c1-16(24(34)17-6-3-2-4-7-17)31-25(35)18-10-12-21(13-11-18)33-23(30)15-22(32-33)19-8-5-9-20(14-19)26(27,28)29/h2-16,24,34H,30H2,1H3,(H,31,35)/t16-,24-/m0/s1. The molecule has 3 aromatic carbocycles. The summed E-state index contributed by atoms with van der Waals surface area (Å²) in [5, 5.41) is 17.6. The predicted octanol–water partition coefficient (Wildman–Crippen LogP) is 4.99. The Balaban J connectivity index is 1.49. The topological polar surface area (TPSA) is 93.2 Å². The number of nitrogen functional groups attached to an aromatic ring is 1. The number of alkyl halides is 3. The average molecular weight is 480 g/mol. The second-order valence-electron chi connectivity index (χ2n) is 8.11. The van der Waals surface area contributed by atoms with Gasteiger partial charge in [-0.15, -0.1) is 0 Å². The van der Waals surface area contributed by atoms with Crippen LogP contribution in [0.5, 0.6) is 0 Å². The van der Waals surface area contributed by atoms with Crippen molar-refractivity contribution in [1.29, 1.82) is 0 Å². The molecule has 0 saturated heterocycles. The van der Waals surface area contributed by atoms with Crippen LogP contribution in [0.15, 0.2) is 84.9 Å². The highest BCUT2D eigenvalue weighted by Gasteiger charge is 2.30. The van der Waals surface area contributed by atoms with Gasteiger partial charge in [0.25, 0.3) is 5.91 Å². The molecule has 180 valence electrons. The van der Waals surface area contributed by atoms with Crippen LogP contribution in [-0.2, 0) is 6.18 Å². The highest BCUT2D eigenvalue weighted by Crippen LogP contribution is 2.32. The van der Waals surface area contributed by atoms with Crippen LogP contribution in [-0.4, -0.2) is 26.8 Å². The lowest BCUT2D eigenvalue weighted by molar-refractivity contribution is -0.137. The van der Waals surface area contributed by atoms with Gasteiger partial charge in [0.1, 0.15) is 5.82 Å². The van der Waals surface area contributed by atoms with Crippen LogP contribution in [0.25, 0.3) is 16.9 Å². The van der Waals surface area contributed by atoms with E-state index in [2.05, 4.69) is 10.4 Å². The zero-order valence-corrected chi connectivity index (χ0v) is 18.7. The van der Waals surface area contributed by atoms with Crippen molar-refractivity contribution in [3.63, 3.8) is 0 Å². The zero-order valence-electron chi connectivity index (χ0n) is 18.7. The van der Waals surface area contributed by atoms with E-state index < -0.39 is 23.9 Å². The van der Waals surface area contributed by atoms with Crippen LogP contribution in [0, 0.1) is 0 Å². The van der Waals surface area contributed by atoms with Gasteiger partial charge in [-0.3, -0.25) is 4.79 Å². The lowest BCUT2D eigenvalue weighted by atomic mass is 10.0. The molecule has 0 radical (unpaired) electrons. The smallest absolute Gasteiger partial charge is 0.386 e. The molecule has 2 atom stereocenters. The third-order valence-corrected chi connectivity index (χ3v) is 5.57. The lowest BCUT2D eigenvalue weighted by Crippen LogP contribution is -2.37. The van der Waals surface area contributed by atoms with Crippen molar-refractivity contribution in [2.45, 2.75) is 25.2 Å². The monoisotopic (exact) mass is 480 g/mol. The molecule has 0 unspecified atom stereocenters. The van der Waals surface area contributed by atoms with Gasteiger partial charge in [0, 0.05) is 17.2 Å². The van der Waals surface area contributed by atoms with Gasteiger partial charge in [-0.05, 0) is 48.9 Å². The molecule has 0 spiro atoms. The van der Waals surface area contributed by atoms with Gasteiger partial charge >= 0.3 is 6.18 Å². The van der Waals surface area contributed by atoms with Crippen LogP contribution in [0.1, 0.15) is 34.5 Å². The summed E-state index contributed by atoms with van der Waals surface area (Å²) in [7, 11) is 0. The number of carbonyl (C=O) groups excluding carboxylic acids is 1. The highest BCUT2D eigenvalue weighted by atomic mass is 19.4. The van der Waals surface area contributed by atoms with Crippen molar-refractivity contribution < 1.29 is 23.1 Å². The normalized spacial score (nSPS) is 13.3. The number of hydrogen-bond acceptors (Lipinski definition) is 4. The molecule has 0 aliphatic carbocycles. The largest absolute Gasteiger partial charge is 0.416 e. The van der Waals surface area contributed by atoms with Gasteiger partial charge in [0.05, 0.1) is 29.1 Å². The molecule has 0 aliphatic heterocycles. The average Bonchev–Trinajstić information content (AvgIpc) is 3.25. The Morgan fingerprint density at radius 2 is 1.69 bits per heavy atom. The Morgan fingerprint density at radius 1 is 1.00 bits per heavy atom. The maximum absolute atomic E-state index is 13.0. The van der Waals surface area contributed by atoms with Crippen molar-refractivity contribution in [2.75, 3.05) is 5.73 Å². The number of benzene rings is 3. The van der Waals surface area contributed by atoms with Crippen molar-refractivity contribution in [3.8, 4) is 16.9 Å². The summed E-state index contributed by atoms with van der Waals surface area (Å²) in [6.45, 7) is 1.71. The number of amides is 1. The number of halogens is 3. The van der Waals surface area contributed by atoms with Crippen LogP contribution in [0.3, 0.4) is 0 Å². The Morgan fingerprint density at radius 3 is 2.34 bits per heavy atom. The van der Waals surface area contributed by atoms with E-state index in [4.69, 9.17) is 5.73 Å². The predicted molar refractivity (Wildman–Crippen MR) is 127 cm³/mol. The first-order valence-corrected chi connectivity index (χ1v) is 10.8. The van der Waals surface area contributed by atoms with Gasteiger partial charge in [-0.25, -0.2) is 4.68 Å². The van der Waals surface area contributed by atoms with E-state index in [9.17, 15) is 23.1 Å². The minimum atomic E-state index is -4.46. The summed E-state index contributed by atoms with van der Waals surface area (Å²) < 4.78 is 40.5. The number of nitrogens with one attached hydrogen (secondary N) is 1. The minimum absolute atomic E-state index is 0.231. The molecule has 4 aromatic rings. The highest BCUT2D eigenvalue weighted by molar-refractivity contribution is 5.94. The van der Waals surface area contributed by atoms with Crippen LogP contribution < -0.4 is 11.1 Å². The number of aliphatic hydroxyl groups excluding tert-OH is 1. The molecule has 1 amide bonds. The molecule has 4 rings (SSSR count). The summed E-state index contributed by atoms with van der Waals surface area (Å²) in [5.41, 5.74) is 7.46. The molecule has 0 fully saturated rings. The molecule has 1 aromatic heterocycles. The molecule has 0 aliphatic rings. The first kappa shape index (κ1) is 24.0. The molecular weight excluding hydrogens is 457 g/mol. The van der Waals surface area contributed by atoms with Crippen molar-refractivity contribution in [3.05, 3.63) is 102 Å². The summed E-state index contributed by atoms with van der Waals surface area (Å²) in [6.07, 6.45) is -5.33. The summed E-state index contributed by atoms with van der Waals surface area (Å²) in [4.78, 5) is 12.6. The molecular formula is C26H23F3N4O2. The van der Waals surface area contributed by atoms with E-state index in [1.807, 2.05) is 18.2 Å². The van der Waals surface area contributed by atoms with Crippen LogP contribution in [0.2, 0.25) is 0 Å². The number of nitrogens with zero attached hydrogens (tertiary/aromatic N) is 2. The lowest BCUT2D eigenvalue weighted by Gasteiger charge is -2.20. The van der Waals surface area contributed by atoms with E-state index in [1.165, 1.54) is 22.9 Å². The number of hydrogen-bond donors (Lipinski definition) is 3. The van der Waals surface area contributed by atoms with E-state index in [0.29, 0.717) is 22.5 Å². The first-order valence-electron chi connectivity index (χ1n) is 10.8. The maximum Gasteiger partial charge on any atom is 0.416 e. The summed E-state index contributed by atoms with van der Waals surface area (Å²) in [5.74, 6) is -0.133. The van der Waals surface area contributed by atoms with E-state index >= 15 is 0 Å². The molecule has 1 heterocycles. The first-order chi connectivity index (χ1) is 16.6. The van der Waals surface area contributed by atoms with Crippen LogP contribution in [0.4, 0.5) is 19.0 Å². The zero-order chi connectivity index (χ0) is 25.2. The number of aliphatic hydroxyl groups is 1. The fraction of sp³-hybridized carbons (Fsp3) is 0.154. The van der Waals surface area contributed by atoms with Gasteiger partial charge in [0.15, 0.2) is 0 Å². The number of carbonyl (C=O) groups is 1. The molecule has 4 N–H and O–H groups in total. The molecule has 0 bridgehead atoms. The van der Waals surface area contributed by atoms with E-state index in [0.717, 1.165) is 12.1 Å². The number of aromatic nitrogens is 2. The fourth-order valence-electron chi connectivity index (χ4n) is 3.66. The molecule has 6 nitrogen and oxygen atoms in total. The summed E-state index contributed by atoms with van der Waals surface area (Å²) >= 11 is 0. The number of rotatable bonds is 6. The van der Waals surface area contributed by atoms with Gasteiger partial charge in [-0.1, -0.05) is 42.5 Å². The van der Waals surface area contributed by atoms with Gasteiger partial charge in [-0.2, -0.15) is 18.3 Å². The minimum Gasteiger partial charge on any atom is -0.386 e. The maximum atomic E-state index is 13.0. The van der Waals surface area contributed by atoms with Gasteiger partial charge < -0.3 is 16.2 Å². The molecule has 35 heavy (non-hydrogen) atoms. The summed E-state index contributed by atoms with van der Waals surface area (Å²) in [6, 6.07) is 21.3. The Labute approximate surface area is 199 Å². The second-order valence-corrected chi connectivity index (χ2v) is 8.11. The SMILES string of the molecule is C[C@H](NC(=O)c1ccc(-n2nc(-c3cccc(C(F)(F)F)c3)cc2N)cc1)[C@H](O)c1ccccc1.